The monoisotopic (exact) mass is 394 g/mol. The van der Waals surface area contributed by atoms with Crippen LogP contribution in [0.25, 0.3) is 0 Å². The normalized spacial score (nSPS) is 11.2. The van der Waals surface area contributed by atoms with Crippen molar-refractivity contribution < 1.29 is 13.2 Å². The third kappa shape index (κ3) is 5.28. The standard InChI is InChI=1S/C22H22N2O3S/c1-17-7-9-19(10-8-17)22(25)24-20-11-13-21(14-12-20)28(26,27)23-16-15-18-5-3-2-4-6-18/h2-14,23H,15-16H2,1H3,(H,24,25). The van der Waals surface area contributed by atoms with Gasteiger partial charge in [0.2, 0.25) is 10.0 Å². The van der Waals surface area contributed by atoms with Crippen molar-refractivity contribution in [2.75, 3.05) is 11.9 Å². The predicted molar refractivity (Wildman–Crippen MR) is 111 cm³/mol. The molecule has 0 radical (unpaired) electrons. The lowest BCUT2D eigenvalue weighted by molar-refractivity contribution is 0.102. The molecule has 0 saturated carbocycles. The van der Waals surface area contributed by atoms with Crippen molar-refractivity contribution in [1.29, 1.82) is 0 Å². The van der Waals surface area contributed by atoms with Gasteiger partial charge in [0.1, 0.15) is 0 Å². The maximum atomic E-state index is 12.4. The first kappa shape index (κ1) is 19.8. The Bertz CT molecular complexity index is 1030. The molecule has 0 aliphatic rings. The van der Waals surface area contributed by atoms with Gasteiger partial charge in [-0.05, 0) is 55.3 Å². The van der Waals surface area contributed by atoms with E-state index in [2.05, 4.69) is 10.0 Å². The lowest BCUT2D eigenvalue weighted by Gasteiger charge is -2.09. The van der Waals surface area contributed by atoms with Crippen molar-refractivity contribution in [2.45, 2.75) is 18.2 Å². The minimum Gasteiger partial charge on any atom is -0.322 e. The molecule has 0 bridgehead atoms. The summed E-state index contributed by atoms with van der Waals surface area (Å²) in [6.45, 7) is 2.27. The number of hydrogen-bond donors (Lipinski definition) is 2. The Morgan fingerprint density at radius 2 is 1.50 bits per heavy atom. The summed E-state index contributed by atoms with van der Waals surface area (Å²) in [7, 11) is -3.60. The average Bonchev–Trinajstić information content (AvgIpc) is 2.69. The van der Waals surface area contributed by atoms with Gasteiger partial charge >= 0.3 is 0 Å². The van der Waals surface area contributed by atoms with Crippen molar-refractivity contribution >= 4 is 21.6 Å². The summed E-state index contributed by atoms with van der Waals surface area (Å²) < 4.78 is 27.4. The zero-order valence-corrected chi connectivity index (χ0v) is 16.4. The van der Waals surface area contributed by atoms with Crippen LogP contribution in [0.1, 0.15) is 21.5 Å². The van der Waals surface area contributed by atoms with E-state index < -0.39 is 10.0 Å². The summed E-state index contributed by atoms with van der Waals surface area (Å²) >= 11 is 0. The number of carbonyl (C=O) groups is 1. The molecule has 5 nitrogen and oxygen atoms in total. The Morgan fingerprint density at radius 1 is 0.857 bits per heavy atom. The maximum absolute atomic E-state index is 12.4. The molecular weight excluding hydrogens is 372 g/mol. The Hall–Kier alpha value is -2.96. The van der Waals surface area contributed by atoms with Crippen LogP contribution in [0.15, 0.2) is 83.8 Å². The van der Waals surface area contributed by atoms with Crippen LogP contribution in [0, 0.1) is 6.92 Å². The molecule has 0 heterocycles. The Morgan fingerprint density at radius 3 is 2.14 bits per heavy atom. The molecule has 3 aromatic rings. The van der Waals surface area contributed by atoms with E-state index in [-0.39, 0.29) is 10.8 Å². The van der Waals surface area contributed by atoms with Gasteiger partial charge in [0.15, 0.2) is 0 Å². The fourth-order valence-corrected chi connectivity index (χ4v) is 3.72. The maximum Gasteiger partial charge on any atom is 0.255 e. The predicted octanol–water partition coefficient (Wildman–Crippen LogP) is 3.77. The van der Waals surface area contributed by atoms with Crippen molar-refractivity contribution in [3.8, 4) is 0 Å². The molecule has 0 atom stereocenters. The average molecular weight is 394 g/mol. The van der Waals surface area contributed by atoms with Gasteiger partial charge in [-0.2, -0.15) is 0 Å². The van der Waals surface area contributed by atoms with Crippen LogP contribution >= 0.6 is 0 Å². The largest absolute Gasteiger partial charge is 0.322 e. The van der Waals surface area contributed by atoms with Gasteiger partial charge in [-0.25, -0.2) is 13.1 Å². The highest BCUT2D eigenvalue weighted by Gasteiger charge is 2.14. The van der Waals surface area contributed by atoms with Crippen LogP contribution in [0.5, 0.6) is 0 Å². The number of amides is 1. The number of carbonyl (C=O) groups excluding carboxylic acids is 1. The van der Waals surface area contributed by atoms with Crippen LogP contribution in [0.2, 0.25) is 0 Å². The summed E-state index contributed by atoms with van der Waals surface area (Å²) in [6, 6.07) is 23.0. The quantitative estimate of drug-likeness (QED) is 0.641. The van der Waals surface area contributed by atoms with E-state index in [1.54, 1.807) is 24.3 Å². The summed E-state index contributed by atoms with van der Waals surface area (Å²) in [5, 5.41) is 2.77. The summed E-state index contributed by atoms with van der Waals surface area (Å²) in [4.78, 5) is 12.4. The Balaban J connectivity index is 1.59. The van der Waals surface area contributed by atoms with Crippen LogP contribution in [0.3, 0.4) is 0 Å². The molecule has 3 rings (SSSR count). The van der Waals surface area contributed by atoms with Crippen LogP contribution in [0.4, 0.5) is 5.69 Å². The smallest absolute Gasteiger partial charge is 0.255 e. The van der Waals surface area contributed by atoms with Crippen LogP contribution in [-0.4, -0.2) is 20.9 Å². The Labute approximate surface area is 165 Å². The minimum atomic E-state index is -3.60. The molecule has 6 heteroatoms. The number of benzene rings is 3. The molecule has 0 fully saturated rings. The van der Waals surface area contributed by atoms with E-state index >= 15 is 0 Å². The van der Waals surface area contributed by atoms with Gasteiger partial charge in [0.25, 0.3) is 5.91 Å². The fourth-order valence-electron chi connectivity index (χ4n) is 2.68. The summed E-state index contributed by atoms with van der Waals surface area (Å²) in [5.41, 5.74) is 3.23. The van der Waals surface area contributed by atoms with Gasteiger partial charge in [0, 0.05) is 17.8 Å². The molecular formula is C22H22N2O3S. The highest BCUT2D eigenvalue weighted by molar-refractivity contribution is 7.89. The summed E-state index contributed by atoms with van der Waals surface area (Å²) in [6.07, 6.45) is 0.616. The molecule has 3 aromatic carbocycles. The van der Waals surface area contributed by atoms with E-state index in [1.165, 1.54) is 12.1 Å². The van der Waals surface area contributed by atoms with E-state index in [1.807, 2.05) is 49.4 Å². The molecule has 1 amide bonds. The van der Waals surface area contributed by atoms with E-state index in [9.17, 15) is 13.2 Å². The first-order valence-electron chi connectivity index (χ1n) is 8.96. The lowest BCUT2D eigenvalue weighted by Crippen LogP contribution is -2.26. The molecule has 0 spiro atoms. The van der Waals surface area contributed by atoms with Gasteiger partial charge in [0.05, 0.1) is 4.90 Å². The van der Waals surface area contributed by atoms with Crippen LogP contribution in [-0.2, 0) is 16.4 Å². The molecule has 0 aliphatic heterocycles. The topological polar surface area (TPSA) is 75.3 Å². The van der Waals surface area contributed by atoms with E-state index in [0.29, 0.717) is 24.2 Å². The molecule has 144 valence electrons. The molecule has 0 aliphatic carbocycles. The molecule has 0 unspecified atom stereocenters. The van der Waals surface area contributed by atoms with E-state index in [4.69, 9.17) is 0 Å². The zero-order valence-electron chi connectivity index (χ0n) is 15.6. The minimum absolute atomic E-state index is 0.161. The number of hydrogen-bond acceptors (Lipinski definition) is 3. The first-order chi connectivity index (χ1) is 13.4. The second kappa shape index (κ2) is 8.82. The second-order valence-electron chi connectivity index (χ2n) is 6.48. The van der Waals surface area contributed by atoms with Gasteiger partial charge in [-0.15, -0.1) is 0 Å². The SMILES string of the molecule is Cc1ccc(C(=O)Nc2ccc(S(=O)(=O)NCCc3ccccc3)cc2)cc1. The third-order valence-corrected chi connectivity index (χ3v) is 5.76. The fraction of sp³-hybridized carbons (Fsp3) is 0.136. The summed E-state index contributed by atoms with van der Waals surface area (Å²) in [5.74, 6) is -0.239. The van der Waals surface area contributed by atoms with Gasteiger partial charge in [-0.3, -0.25) is 4.79 Å². The van der Waals surface area contributed by atoms with Crippen molar-refractivity contribution in [3.63, 3.8) is 0 Å². The number of nitrogens with one attached hydrogen (secondary N) is 2. The second-order valence-corrected chi connectivity index (χ2v) is 8.24. The number of aryl methyl sites for hydroxylation is 1. The van der Waals surface area contributed by atoms with Gasteiger partial charge in [-0.1, -0.05) is 48.0 Å². The van der Waals surface area contributed by atoms with E-state index in [0.717, 1.165) is 11.1 Å². The Kier molecular flexibility index (Phi) is 6.23. The van der Waals surface area contributed by atoms with Crippen molar-refractivity contribution in [2.24, 2.45) is 0 Å². The molecule has 0 aromatic heterocycles. The highest BCUT2D eigenvalue weighted by atomic mass is 32.2. The van der Waals surface area contributed by atoms with Crippen molar-refractivity contribution in [3.05, 3.63) is 95.6 Å². The van der Waals surface area contributed by atoms with Crippen molar-refractivity contribution in [1.82, 2.24) is 4.72 Å². The number of rotatable bonds is 7. The molecule has 0 saturated heterocycles. The van der Waals surface area contributed by atoms with Gasteiger partial charge < -0.3 is 5.32 Å². The van der Waals surface area contributed by atoms with Crippen LogP contribution < -0.4 is 10.0 Å². The lowest BCUT2D eigenvalue weighted by atomic mass is 10.1. The highest BCUT2D eigenvalue weighted by Crippen LogP contribution is 2.15. The zero-order chi connectivity index (χ0) is 20.0. The molecule has 28 heavy (non-hydrogen) atoms. The number of sulfonamides is 1. The number of anilines is 1. The first-order valence-corrected chi connectivity index (χ1v) is 10.4. The third-order valence-electron chi connectivity index (χ3n) is 4.28. The molecule has 2 N–H and O–H groups in total.